The summed E-state index contributed by atoms with van der Waals surface area (Å²) in [6, 6.07) is 24.3. The van der Waals surface area contributed by atoms with Crippen LogP contribution in [0.5, 0.6) is 0 Å². The summed E-state index contributed by atoms with van der Waals surface area (Å²) in [6.07, 6.45) is 5.50. The number of amides is 2. The summed E-state index contributed by atoms with van der Waals surface area (Å²) in [4.78, 5) is 41.7. The highest BCUT2D eigenvalue weighted by Gasteiger charge is 2.51. The van der Waals surface area contributed by atoms with E-state index in [-0.39, 0.29) is 30.7 Å². The fraction of sp³-hybridized carbons (Fsp3) is 0.400. The molecule has 0 spiro atoms. The van der Waals surface area contributed by atoms with Crippen LogP contribution < -0.4 is 10.2 Å². The molecule has 0 unspecified atom stereocenters. The predicted molar refractivity (Wildman–Crippen MR) is 166 cm³/mol. The first-order valence-electron chi connectivity index (χ1n) is 15.1. The lowest BCUT2D eigenvalue weighted by atomic mass is 9.94. The van der Waals surface area contributed by atoms with Gasteiger partial charge in [-0.15, -0.1) is 0 Å². The van der Waals surface area contributed by atoms with Gasteiger partial charge in [0.25, 0.3) is 0 Å². The second-order valence-electron chi connectivity index (χ2n) is 11.8. The molecule has 0 saturated heterocycles. The molecule has 5 rings (SSSR count). The van der Waals surface area contributed by atoms with E-state index in [1.165, 1.54) is 0 Å². The number of carboxylic acids is 1. The molecule has 42 heavy (non-hydrogen) atoms. The van der Waals surface area contributed by atoms with Gasteiger partial charge in [-0.1, -0.05) is 67.9 Å². The average molecular weight is 568 g/mol. The molecule has 3 aromatic carbocycles. The molecule has 7 nitrogen and oxygen atoms in total. The second kappa shape index (κ2) is 12.8. The molecule has 0 bridgehead atoms. The molecule has 0 atom stereocenters. The molecule has 0 radical (unpaired) electrons. The highest BCUT2D eigenvalue weighted by molar-refractivity contribution is 6.04. The van der Waals surface area contributed by atoms with Gasteiger partial charge >= 0.3 is 5.97 Å². The maximum Gasteiger partial charge on any atom is 0.305 e. The van der Waals surface area contributed by atoms with Crippen molar-refractivity contribution in [2.45, 2.75) is 63.8 Å². The van der Waals surface area contributed by atoms with Crippen LogP contribution >= 0.6 is 0 Å². The number of carbonyl (C=O) groups is 3. The van der Waals surface area contributed by atoms with Gasteiger partial charge in [0.1, 0.15) is 0 Å². The summed E-state index contributed by atoms with van der Waals surface area (Å²) in [5.41, 5.74) is 5.24. The largest absolute Gasteiger partial charge is 0.481 e. The highest BCUT2D eigenvalue weighted by Crippen LogP contribution is 2.49. The third kappa shape index (κ3) is 6.84. The Morgan fingerprint density at radius 3 is 2.33 bits per heavy atom. The smallest absolute Gasteiger partial charge is 0.305 e. The van der Waals surface area contributed by atoms with Crippen molar-refractivity contribution in [3.05, 3.63) is 83.9 Å². The Morgan fingerprint density at radius 1 is 0.929 bits per heavy atom. The van der Waals surface area contributed by atoms with E-state index < -0.39 is 11.4 Å². The normalized spacial score (nSPS) is 15.1. The second-order valence-corrected chi connectivity index (χ2v) is 11.8. The average Bonchev–Trinajstić information content (AvgIpc) is 3.92. The van der Waals surface area contributed by atoms with E-state index in [2.05, 4.69) is 42.4 Å². The number of rotatable bonds is 14. The Labute approximate surface area is 248 Å². The lowest BCUT2D eigenvalue weighted by Crippen LogP contribution is -2.33. The molecule has 220 valence electrons. The van der Waals surface area contributed by atoms with Crippen LogP contribution in [-0.2, 0) is 26.3 Å². The maximum atomic E-state index is 13.7. The minimum absolute atomic E-state index is 0.0241. The van der Waals surface area contributed by atoms with Crippen molar-refractivity contribution in [3.63, 3.8) is 0 Å². The zero-order valence-electron chi connectivity index (χ0n) is 24.6. The van der Waals surface area contributed by atoms with Gasteiger partial charge in [0.15, 0.2) is 0 Å². The first-order valence-corrected chi connectivity index (χ1v) is 15.1. The number of carboxylic acid groups (broad SMARTS) is 1. The van der Waals surface area contributed by atoms with Crippen molar-refractivity contribution in [3.8, 4) is 11.1 Å². The van der Waals surface area contributed by atoms with Gasteiger partial charge in [0.2, 0.25) is 11.8 Å². The van der Waals surface area contributed by atoms with E-state index >= 15 is 0 Å². The van der Waals surface area contributed by atoms with Crippen LogP contribution in [0.15, 0.2) is 72.8 Å². The molecular formula is C35H41N3O4. The number of unbranched alkanes of at least 4 members (excludes halogenated alkanes) is 1. The van der Waals surface area contributed by atoms with Crippen LogP contribution in [-0.4, -0.2) is 47.9 Å². The van der Waals surface area contributed by atoms with Crippen molar-refractivity contribution in [1.29, 1.82) is 0 Å². The third-order valence-corrected chi connectivity index (χ3v) is 8.48. The molecule has 0 aromatic heterocycles. The molecule has 2 saturated carbocycles. The Bertz CT molecular complexity index is 1430. The van der Waals surface area contributed by atoms with Gasteiger partial charge in [-0.2, -0.15) is 0 Å². The SMILES string of the molecule is CCCCN(C)c1ccc(-c2cccc(CN(CCC(=O)O)C(=O)C3CC3)c2)cc1NC(=O)C1(c2ccccc2)CC1. The number of anilines is 2. The monoisotopic (exact) mass is 567 g/mol. The number of nitrogens with zero attached hydrogens (tertiary/aromatic N) is 2. The molecule has 7 heteroatoms. The van der Waals surface area contributed by atoms with Crippen LogP contribution in [0.1, 0.15) is 63.0 Å². The van der Waals surface area contributed by atoms with Crippen LogP contribution in [0.2, 0.25) is 0 Å². The van der Waals surface area contributed by atoms with Crippen molar-refractivity contribution >= 4 is 29.2 Å². The minimum atomic E-state index is -0.906. The number of hydrogen-bond donors (Lipinski definition) is 2. The van der Waals surface area contributed by atoms with Crippen molar-refractivity contribution in [2.75, 3.05) is 30.4 Å². The fourth-order valence-electron chi connectivity index (χ4n) is 5.59. The molecule has 2 amide bonds. The Morgan fingerprint density at radius 2 is 1.67 bits per heavy atom. The molecule has 3 aromatic rings. The zero-order chi connectivity index (χ0) is 29.7. The number of nitrogens with one attached hydrogen (secondary N) is 1. The molecule has 0 heterocycles. The van der Waals surface area contributed by atoms with Gasteiger partial charge in [-0.05, 0) is 72.6 Å². The van der Waals surface area contributed by atoms with Crippen molar-refractivity contribution in [1.82, 2.24) is 4.90 Å². The molecule has 2 N–H and O–H groups in total. The molecule has 2 aliphatic carbocycles. The Hall–Kier alpha value is -4.13. The number of aliphatic carboxylic acids is 1. The number of carbonyl (C=O) groups excluding carboxylic acids is 2. The first kappa shape index (κ1) is 29.4. The van der Waals surface area contributed by atoms with E-state index in [4.69, 9.17) is 0 Å². The Balaban J connectivity index is 1.41. The summed E-state index contributed by atoms with van der Waals surface area (Å²) in [6.45, 7) is 3.63. The van der Waals surface area contributed by atoms with Crippen LogP contribution in [0.3, 0.4) is 0 Å². The van der Waals surface area contributed by atoms with E-state index in [1.807, 2.05) is 54.6 Å². The molecule has 2 aliphatic rings. The van der Waals surface area contributed by atoms with E-state index in [0.717, 1.165) is 78.7 Å². The minimum Gasteiger partial charge on any atom is -0.481 e. The van der Waals surface area contributed by atoms with Crippen LogP contribution in [0, 0.1) is 5.92 Å². The van der Waals surface area contributed by atoms with Crippen molar-refractivity contribution in [2.24, 2.45) is 5.92 Å². The summed E-state index contributed by atoms with van der Waals surface area (Å²) < 4.78 is 0. The van der Waals surface area contributed by atoms with Crippen LogP contribution in [0.25, 0.3) is 11.1 Å². The Kier molecular flexibility index (Phi) is 8.95. The van der Waals surface area contributed by atoms with Gasteiger partial charge < -0.3 is 20.2 Å². The molecule has 0 aliphatic heterocycles. The number of hydrogen-bond acceptors (Lipinski definition) is 4. The maximum absolute atomic E-state index is 13.7. The summed E-state index contributed by atoms with van der Waals surface area (Å²) >= 11 is 0. The van der Waals surface area contributed by atoms with Crippen molar-refractivity contribution < 1.29 is 19.5 Å². The van der Waals surface area contributed by atoms with E-state index in [1.54, 1.807) is 4.90 Å². The molecular weight excluding hydrogens is 526 g/mol. The predicted octanol–water partition coefficient (Wildman–Crippen LogP) is 6.47. The van der Waals surface area contributed by atoms with Gasteiger partial charge in [-0.3, -0.25) is 14.4 Å². The molecule has 2 fully saturated rings. The summed E-state index contributed by atoms with van der Waals surface area (Å²) in [5.74, 6) is -0.817. The zero-order valence-corrected chi connectivity index (χ0v) is 24.6. The van der Waals surface area contributed by atoms with Gasteiger partial charge in [-0.25, -0.2) is 0 Å². The van der Waals surface area contributed by atoms with Gasteiger partial charge in [0.05, 0.1) is 23.2 Å². The quantitative estimate of drug-likeness (QED) is 0.233. The standard InChI is InChI=1S/C35H41N3O4/c1-3-4-20-37(2)31-16-15-28(23-30(31)36-34(42)35(18-19-35)29-11-6-5-7-12-29)27-10-8-9-25(22-27)24-38(21-17-32(39)40)33(41)26-13-14-26/h5-12,15-16,22-23,26H,3-4,13-14,17-21,24H2,1-2H3,(H,36,42)(H,39,40). The van der Waals surface area contributed by atoms with E-state index in [0.29, 0.717) is 6.54 Å². The number of benzene rings is 3. The topological polar surface area (TPSA) is 89.9 Å². The van der Waals surface area contributed by atoms with Gasteiger partial charge in [0, 0.05) is 32.6 Å². The summed E-state index contributed by atoms with van der Waals surface area (Å²) in [5, 5.41) is 12.5. The first-order chi connectivity index (χ1) is 20.3. The third-order valence-electron chi connectivity index (χ3n) is 8.48. The summed E-state index contributed by atoms with van der Waals surface area (Å²) in [7, 11) is 2.06. The lowest BCUT2D eigenvalue weighted by molar-refractivity contribution is -0.139. The highest BCUT2D eigenvalue weighted by atomic mass is 16.4. The fourth-order valence-corrected chi connectivity index (χ4v) is 5.59. The lowest BCUT2D eigenvalue weighted by Gasteiger charge is -2.25. The van der Waals surface area contributed by atoms with Crippen LogP contribution in [0.4, 0.5) is 11.4 Å². The van der Waals surface area contributed by atoms with E-state index in [9.17, 15) is 19.5 Å².